The minimum Gasteiger partial charge on any atom is -0.497 e. The number of carbonyl (C=O) groups excluding carboxylic acids is 2. The molecule has 0 saturated carbocycles. The zero-order valence-electron chi connectivity index (χ0n) is 18.6. The number of hydrogen-bond donors (Lipinski definition) is 0. The molecule has 33 heavy (non-hydrogen) atoms. The van der Waals surface area contributed by atoms with Gasteiger partial charge in [-0.25, -0.2) is 0 Å². The van der Waals surface area contributed by atoms with E-state index in [-0.39, 0.29) is 17.9 Å². The highest BCUT2D eigenvalue weighted by Gasteiger charge is 2.36. The number of anilines is 1. The molecule has 2 aliphatic rings. The van der Waals surface area contributed by atoms with Gasteiger partial charge in [-0.05, 0) is 47.5 Å². The van der Waals surface area contributed by atoms with Crippen molar-refractivity contribution in [2.24, 2.45) is 0 Å². The molecule has 2 aliphatic heterocycles. The average molecular weight is 446 g/mol. The van der Waals surface area contributed by atoms with E-state index in [9.17, 15) is 9.59 Å². The molecular weight excluding hydrogens is 418 g/mol. The summed E-state index contributed by atoms with van der Waals surface area (Å²) in [7, 11) is 1.66. The van der Waals surface area contributed by atoms with E-state index in [1.54, 1.807) is 19.2 Å². The van der Waals surface area contributed by atoms with E-state index in [4.69, 9.17) is 9.15 Å². The fourth-order valence-electron chi connectivity index (χ4n) is 4.69. The second-order valence-corrected chi connectivity index (χ2v) is 8.45. The van der Waals surface area contributed by atoms with Gasteiger partial charge in [0.05, 0.1) is 13.4 Å². The third-order valence-electron chi connectivity index (χ3n) is 6.52. The third kappa shape index (κ3) is 4.36. The number of piperazine rings is 1. The summed E-state index contributed by atoms with van der Waals surface area (Å²) in [5.74, 6) is 1.25. The molecule has 5 rings (SSSR count). The Morgan fingerprint density at radius 3 is 2.45 bits per heavy atom. The summed E-state index contributed by atoms with van der Waals surface area (Å²) in [4.78, 5) is 31.5. The predicted molar refractivity (Wildman–Crippen MR) is 125 cm³/mol. The third-order valence-corrected chi connectivity index (χ3v) is 6.52. The van der Waals surface area contributed by atoms with Crippen molar-refractivity contribution in [2.75, 3.05) is 44.7 Å². The lowest BCUT2D eigenvalue weighted by Gasteiger charge is -2.37. The molecule has 2 fully saturated rings. The van der Waals surface area contributed by atoms with E-state index in [0.29, 0.717) is 31.8 Å². The van der Waals surface area contributed by atoms with Crippen molar-refractivity contribution in [1.82, 2.24) is 9.80 Å². The summed E-state index contributed by atoms with van der Waals surface area (Å²) in [5, 5.41) is 0. The van der Waals surface area contributed by atoms with Crippen LogP contribution < -0.4 is 9.64 Å². The van der Waals surface area contributed by atoms with Crippen molar-refractivity contribution in [3.8, 4) is 16.9 Å². The number of hydrogen-bond acceptors (Lipinski definition) is 5. The van der Waals surface area contributed by atoms with Crippen LogP contribution in [0.1, 0.15) is 17.0 Å². The minimum absolute atomic E-state index is 0.0712. The first kappa shape index (κ1) is 21.3. The summed E-state index contributed by atoms with van der Waals surface area (Å²) in [6.07, 6.45) is 2.01. The summed E-state index contributed by atoms with van der Waals surface area (Å²) in [5.41, 5.74) is 3.01. The zero-order valence-corrected chi connectivity index (χ0v) is 18.6. The van der Waals surface area contributed by atoms with Gasteiger partial charge in [0.1, 0.15) is 5.75 Å². The van der Waals surface area contributed by atoms with Crippen LogP contribution in [-0.4, -0.2) is 67.5 Å². The Morgan fingerprint density at radius 2 is 1.73 bits per heavy atom. The molecule has 1 aromatic heterocycles. The van der Waals surface area contributed by atoms with Gasteiger partial charge in [0.25, 0.3) is 5.91 Å². The van der Waals surface area contributed by atoms with E-state index in [1.165, 1.54) is 6.26 Å². The first-order chi connectivity index (χ1) is 16.1. The number of furan rings is 1. The molecule has 3 heterocycles. The molecular formula is C26H27N3O4. The van der Waals surface area contributed by atoms with Crippen molar-refractivity contribution >= 4 is 17.5 Å². The van der Waals surface area contributed by atoms with Gasteiger partial charge >= 0.3 is 0 Å². The molecule has 0 N–H and O–H groups in total. The molecule has 1 atom stereocenters. The van der Waals surface area contributed by atoms with Crippen LogP contribution in [0.15, 0.2) is 71.3 Å². The lowest BCUT2D eigenvalue weighted by atomic mass is 10.0. The lowest BCUT2D eigenvalue weighted by Crippen LogP contribution is -2.52. The van der Waals surface area contributed by atoms with E-state index in [2.05, 4.69) is 11.0 Å². The summed E-state index contributed by atoms with van der Waals surface area (Å²) in [6, 6.07) is 19.6. The average Bonchev–Trinajstić information content (AvgIpc) is 3.54. The second-order valence-electron chi connectivity index (χ2n) is 8.45. The fraction of sp³-hybridized carbons (Fsp3) is 0.308. The summed E-state index contributed by atoms with van der Waals surface area (Å²) < 4.78 is 10.6. The van der Waals surface area contributed by atoms with Crippen LogP contribution in [0.4, 0.5) is 5.69 Å². The van der Waals surface area contributed by atoms with E-state index in [0.717, 1.165) is 35.7 Å². The number of benzene rings is 2. The SMILES string of the molecule is COc1cccc(-c2cccc(N3CC(N4CCN(C(=O)c5ccco5)CC4)CC3=O)c2)c1. The monoisotopic (exact) mass is 445 g/mol. The number of rotatable bonds is 5. The molecule has 3 aromatic rings. The highest BCUT2D eigenvalue weighted by molar-refractivity contribution is 5.97. The zero-order chi connectivity index (χ0) is 22.8. The summed E-state index contributed by atoms with van der Waals surface area (Å²) >= 11 is 0. The van der Waals surface area contributed by atoms with Crippen molar-refractivity contribution in [2.45, 2.75) is 12.5 Å². The molecule has 7 nitrogen and oxygen atoms in total. The van der Waals surface area contributed by atoms with Crippen LogP contribution in [-0.2, 0) is 4.79 Å². The number of carbonyl (C=O) groups is 2. The van der Waals surface area contributed by atoms with Gasteiger partial charge in [-0.1, -0.05) is 24.3 Å². The summed E-state index contributed by atoms with van der Waals surface area (Å²) in [6.45, 7) is 3.43. The Morgan fingerprint density at radius 1 is 0.970 bits per heavy atom. The topological polar surface area (TPSA) is 66.2 Å². The molecule has 7 heteroatoms. The maximum absolute atomic E-state index is 12.9. The van der Waals surface area contributed by atoms with Crippen molar-refractivity contribution in [1.29, 1.82) is 0 Å². The molecule has 0 aliphatic carbocycles. The van der Waals surface area contributed by atoms with Gasteiger partial charge < -0.3 is 19.0 Å². The highest BCUT2D eigenvalue weighted by Crippen LogP contribution is 2.30. The van der Waals surface area contributed by atoms with Crippen LogP contribution >= 0.6 is 0 Å². The first-order valence-corrected chi connectivity index (χ1v) is 11.2. The van der Waals surface area contributed by atoms with Gasteiger partial charge in [-0.2, -0.15) is 0 Å². The standard InChI is InChI=1S/C26H27N3O4/c1-32-23-8-3-6-20(16-23)19-5-2-7-21(15-19)29-18-22(17-25(29)30)27-10-12-28(13-11-27)26(31)24-9-4-14-33-24/h2-9,14-16,22H,10-13,17-18H2,1H3. The Hall–Kier alpha value is -3.58. The molecule has 2 amide bonds. The van der Waals surface area contributed by atoms with Crippen molar-refractivity contribution in [3.05, 3.63) is 72.7 Å². The quantitative estimate of drug-likeness (QED) is 0.601. The first-order valence-electron chi connectivity index (χ1n) is 11.2. The normalized spacial score (nSPS) is 19.2. The predicted octanol–water partition coefficient (Wildman–Crippen LogP) is 3.52. The van der Waals surface area contributed by atoms with Gasteiger partial charge in [0.2, 0.25) is 5.91 Å². The van der Waals surface area contributed by atoms with Crippen molar-refractivity contribution < 1.29 is 18.7 Å². The molecule has 1 unspecified atom stereocenters. The highest BCUT2D eigenvalue weighted by atomic mass is 16.5. The Balaban J connectivity index is 1.24. The number of methoxy groups -OCH3 is 1. The van der Waals surface area contributed by atoms with E-state index >= 15 is 0 Å². The van der Waals surface area contributed by atoms with Gasteiger partial charge in [0.15, 0.2) is 5.76 Å². The largest absolute Gasteiger partial charge is 0.497 e. The van der Waals surface area contributed by atoms with Crippen LogP contribution in [0.25, 0.3) is 11.1 Å². The van der Waals surface area contributed by atoms with Gasteiger partial charge in [-0.3, -0.25) is 14.5 Å². The molecule has 0 bridgehead atoms. The van der Waals surface area contributed by atoms with Gasteiger partial charge in [0, 0.05) is 50.9 Å². The smallest absolute Gasteiger partial charge is 0.289 e. The van der Waals surface area contributed by atoms with Crippen LogP contribution in [0.5, 0.6) is 5.75 Å². The lowest BCUT2D eigenvalue weighted by molar-refractivity contribution is -0.117. The maximum atomic E-state index is 12.9. The number of nitrogens with zero attached hydrogens (tertiary/aromatic N) is 3. The second kappa shape index (κ2) is 9.11. The van der Waals surface area contributed by atoms with E-state index in [1.807, 2.05) is 52.3 Å². The molecule has 2 aromatic carbocycles. The molecule has 0 radical (unpaired) electrons. The Bertz CT molecular complexity index is 1140. The maximum Gasteiger partial charge on any atom is 0.289 e. The molecule has 2 saturated heterocycles. The molecule has 170 valence electrons. The van der Waals surface area contributed by atoms with Crippen LogP contribution in [0.2, 0.25) is 0 Å². The van der Waals surface area contributed by atoms with E-state index < -0.39 is 0 Å². The fourth-order valence-corrected chi connectivity index (χ4v) is 4.69. The van der Waals surface area contributed by atoms with Crippen molar-refractivity contribution in [3.63, 3.8) is 0 Å². The Kier molecular flexibility index (Phi) is 5.88. The van der Waals surface area contributed by atoms with Crippen LogP contribution in [0, 0.1) is 0 Å². The van der Waals surface area contributed by atoms with Crippen LogP contribution in [0.3, 0.4) is 0 Å². The molecule has 0 spiro atoms. The Labute approximate surface area is 193 Å². The van der Waals surface area contributed by atoms with Gasteiger partial charge in [-0.15, -0.1) is 0 Å². The number of ether oxygens (including phenoxy) is 1. The minimum atomic E-state index is -0.0712. The number of amides is 2.